The minimum Gasteiger partial charge on any atom is -0.389 e. The summed E-state index contributed by atoms with van der Waals surface area (Å²) in [7, 11) is 0. The first kappa shape index (κ1) is 14.9. The lowest BCUT2D eigenvalue weighted by Crippen LogP contribution is -2.42. The van der Waals surface area contributed by atoms with E-state index in [2.05, 4.69) is 0 Å². The van der Waals surface area contributed by atoms with Crippen molar-refractivity contribution in [3.05, 3.63) is 35.4 Å². The number of nitrogens with two attached hydrogens (primary N) is 2. The van der Waals surface area contributed by atoms with Crippen molar-refractivity contribution >= 4 is 23.1 Å². The molecule has 1 aromatic carbocycles. The van der Waals surface area contributed by atoms with E-state index in [1.807, 2.05) is 4.90 Å². The second-order valence-electron chi connectivity index (χ2n) is 5.06. The summed E-state index contributed by atoms with van der Waals surface area (Å²) < 4.78 is 0. The molecule has 1 aliphatic heterocycles. The molecule has 5 nitrogen and oxygen atoms in total. The number of β-amino-alcohol motifs (C(OH)–C–C–N with tert-alkyl or cyclic N) is 1. The van der Waals surface area contributed by atoms with E-state index in [-0.39, 0.29) is 11.9 Å². The summed E-state index contributed by atoms with van der Waals surface area (Å²) in [6.07, 6.45) is 1.04. The first-order valence-electron chi connectivity index (χ1n) is 6.60. The quantitative estimate of drug-likeness (QED) is 0.679. The Bertz CT molecular complexity index is 504. The highest BCUT2D eigenvalue weighted by Gasteiger charge is 2.30. The van der Waals surface area contributed by atoms with E-state index in [9.17, 15) is 9.90 Å². The van der Waals surface area contributed by atoms with Gasteiger partial charge >= 0.3 is 0 Å². The molecule has 5 N–H and O–H groups in total. The van der Waals surface area contributed by atoms with E-state index in [1.54, 1.807) is 24.3 Å². The molecular formula is C14H19N3O2S. The molecule has 6 heteroatoms. The molecule has 1 aromatic rings. The Hall–Kier alpha value is -1.50. The van der Waals surface area contributed by atoms with Gasteiger partial charge in [0.2, 0.25) is 5.91 Å². The number of carbonyl (C=O) groups excluding carboxylic acids is 1. The zero-order chi connectivity index (χ0) is 14.7. The first-order valence-corrected chi connectivity index (χ1v) is 7.01. The van der Waals surface area contributed by atoms with Crippen LogP contribution in [0.2, 0.25) is 0 Å². The second-order valence-corrected chi connectivity index (χ2v) is 5.50. The maximum absolute atomic E-state index is 11.3. The van der Waals surface area contributed by atoms with Crippen LogP contribution in [0.1, 0.15) is 30.1 Å². The predicted octanol–water partition coefficient (Wildman–Crippen LogP) is 0.304. The number of hydrogen-bond donors (Lipinski definition) is 3. The largest absolute Gasteiger partial charge is 0.389 e. The minimum absolute atomic E-state index is 0.263. The molecule has 0 spiro atoms. The average molecular weight is 293 g/mol. The molecule has 1 saturated heterocycles. The van der Waals surface area contributed by atoms with E-state index in [0.717, 1.165) is 30.5 Å². The molecule has 1 fully saturated rings. The highest BCUT2D eigenvalue weighted by molar-refractivity contribution is 7.80. The average Bonchev–Trinajstić information content (AvgIpc) is 2.87. The summed E-state index contributed by atoms with van der Waals surface area (Å²) in [5.41, 5.74) is 12.4. The molecule has 108 valence electrons. The monoisotopic (exact) mass is 293 g/mol. The molecule has 2 atom stereocenters. The number of primary amides is 1. The number of aliphatic hydroxyl groups is 1. The normalized spacial score (nSPS) is 20.8. The van der Waals surface area contributed by atoms with E-state index < -0.39 is 6.10 Å². The standard InChI is InChI=1S/C14H19N3O2S/c15-13(19)11-2-1-7-17(11)8-12(18)9-3-5-10(6-4-9)14(16)20/h3-6,11-12,18H,1-2,7-8H2,(H2,15,19)(H2,16,20). The van der Waals surface area contributed by atoms with Crippen molar-refractivity contribution in [2.45, 2.75) is 25.0 Å². The fourth-order valence-corrected chi connectivity index (χ4v) is 2.70. The highest BCUT2D eigenvalue weighted by atomic mass is 32.1. The molecule has 1 aliphatic rings. The summed E-state index contributed by atoms with van der Waals surface area (Å²) >= 11 is 4.89. The van der Waals surface area contributed by atoms with Crippen LogP contribution < -0.4 is 11.5 Å². The lowest BCUT2D eigenvalue weighted by molar-refractivity contribution is -0.122. The van der Waals surface area contributed by atoms with Crippen LogP contribution in [0.15, 0.2) is 24.3 Å². The SMILES string of the molecule is NC(=O)C1CCCN1CC(O)c1ccc(C(N)=S)cc1. The molecule has 2 rings (SSSR count). The molecule has 0 aromatic heterocycles. The van der Waals surface area contributed by atoms with Gasteiger partial charge in [0, 0.05) is 12.1 Å². The van der Waals surface area contributed by atoms with Gasteiger partial charge in [-0.05, 0) is 24.9 Å². The molecular weight excluding hydrogens is 274 g/mol. The summed E-state index contributed by atoms with van der Waals surface area (Å²) in [6.45, 7) is 1.19. The predicted molar refractivity (Wildman–Crippen MR) is 81.1 cm³/mol. The molecule has 20 heavy (non-hydrogen) atoms. The van der Waals surface area contributed by atoms with Crippen LogP contribution in [0.25, 0.3) is 0 Å². The number of hydrogen-bond acceptors (Lipinski definition) is 4. The minimum atomic E-state index is -0.657. The first-order chi connectivity index (χ1) is 9.49. The Balaban J connectivity index is 2.02. The fourth-order valence-electron chi connectivity index (χ4n) is 2.56. The molecule has 0 bridgehead atoms. The Morgan fingerprint density at radius 1 is 1.40 bits per heavy atom. The molecule has 2 unspecified atom stereocenters. The number of aliphatic hydroxyl groups excluding tert-OH is 1. The maximum atomic E-state index is 11.3. The Morgan fingerprint density at radius 2 is 2.05 bits per heavy atom. The van der Waals surface area contributed by atoms with Gasteiger partial charge in [-0.3, -0.25) is 9.69 Å². The Morgan fingerprint density at radius 3 is 2.60 bits per heavy atom. The van der Waals surface area contributed by atoms with Crippen molar-refractivity contribution in [3.8, 4) is 0 Å². The fraction of sp³-hybridized carbons (Fsp3) is 0.429. The Labute approximate surface area is 123 Å². The molecule has 0 radical (unpaired) electrons. The lowest BCUT2D eigenvalue weighted by Gasteiger charge is -2.24. The lowest BCUT2D eigenvalue weighted by atomic mass is 10.1. The smallest absolute Gasteiger partial charge is 0.234 e. The van der Waals surface area contributed by atoms with Gasteiger partial charge in [0.25, 0.3) is 0 Å². The van der Waals surface area contributed by atoms with Crippen LogP contribution in [-0.2, 0) is 4.79 Å². The molecule has 0 aliphatic carbocycles. The number of nitrogens with zero attached hydrogens (tertiary/aromatic N) is 1. The topological polar surface area (TPSA) is 92.6 Å². The van der Waals surface area contributed by atoms with Crippen LogP contribution in [-0.4, -0.2) is 40.0 Å². The number of thiocarbonyl (C=S) groups is 1. The van der Waals surface area contributed by atoms with Gasteiger partial charge in [-0.1, -0.05) is 36.5 Å². The van der Waals surface area contributed by atoms with Crippen molar-refractivity contribution in [2.75, 3.05) is 13.1 Å². The third-order valence-corrected chi connectivity index (χ3v) is 3.92. The third kappa shape index (κ3) is 3.33. The second kappa shape index (κ2) is 6.30. The Kier molecular flexibility index (Phi) is 4.69. The van der Waals surface area contributed by atoms with E-state index >= 15 is 0 Å². The van der Waals surface area contributed by atoms with E-state index in [0.29, 0.717) is 11.5 Å². The number of amides is 1. The third-order valence-electron chi connectivity index (χ3n) is 3.68. The molecule has 1 amide bonds. The van der Waals surface area contributed by atoms with Gasteiger partial charge in [0.05, 0.1) is 12.1 Å². The maximum Gasteiger partial charge on any atom is 0.234 e. The van der Waals surface area contributed by atoms with Gasteiger partial charge < -0.3 is 16.6 Å². The van der Waals surface area contributed by atoms with Crippen molar-refractivity contribution in [2.24, 2.45) is 11.5 Å². The zero-order valence-electron chi connectivity index (χ0n) is 11.2. The number of rotatable bonds is 5. The molecule has 0 saturated carbocycles. The van der Waals surface area contributed by atoms with Crippen LogP contribution in [0.4, 0.5) is 0 Å². The van der Waals surface area contributed by atoms with Crippen molar-refractivity contribution < 1.29 is 9.90 Å². The van der Waals surface area contributed by atoms with Crippen LogP contribution in [0.3, 0.4) is 0 Å². The van der Waals surface area contributed by atoms with E-state index in [4.69, 9.17) is 23.7 Å². The van der Waals surface area contributed by atoms with Crippen molar-refractivity contribution in [1.29, 1.82) is 0 Å². The zero-order valence-corrected chi connectivity index (χ0v) is 12.0. The van der Waals surface area contributed by atoms with Crippen LogP contribution in [0.5, 0.6) is 0 Å². The van der Waals surface area contributed by atoms with Crippen LogP contribution >= 0.6 is 12.2 Å². The highest BCUT2D eigenvalue weighted by Crippen LogP contribution is 2.22. The van der Waals surface area contributed by atoms with Gasteiger partial charge in [-0.25, -0.2) is 0 Å². The number of benzene rings is 1. The van der Waals surface area contributed by atoms with Gasteiger partial charge in [0.1, 0.15) is 4.99 Å². The van der Waals surface area contributed by atoms with Crippen LogP contribution in [0, 0.1) is 0 Å². The van der Waals surface area contributed by atoms with Gasteiger partial charge in [0.15, 0.2) is 0 Å². The number of carbonyl (C=O) groups is 1. The van der Waals surface area contributed by atoms with Gasteiger partial charge in [-0.2, -0.15) is 0 Å². The summed E-state index contributed by atoms with van der Waals surface area (Å²) in [4.78, 5) is 13.6. The van der Waals surface area contributed by atoms with E-state index in [1.165, 1.54) is 0 Å². The number of likely N-dealkylation sites (tertiary alicyclic amines) is 1. The van der Waals surface area contributed by atoms with Gasteiger partial charge in [-0.15, -0.1) is 0 Å². The summed E-state index contributed by atoms with van der Waals surface area (Å²) in [5.74, 6) is -0.321. The van der Waals surface area contributed by atoms with Crippen molar-refractivity contribution in [3.63, 3.8) is 0 Å². The molecule has 1 heterocycles. The van der Waals surface area contributed by atoms with Crippen molar-refractivity contribution in [1.82, 2.24) is 4.90 Å². The summed E-state index contributed by atoms with van der Waals surface area (Å²) in [6, 6.07) is 6.91. The summed E-state index contributed by atoms with van der Waals surface area (Å²) in [5, 5.41) is 10.3.